The summed E-state index contributed by atoms with van der Waals surface area (Å²) in [6.45, 7) is 2.47. The van der Waals surface area contributed by atoms with E-state index in [-0.39, 0.29) is 11.7 Å². The third-order valence-corrected chi connectivity index (χ3v) is 3.82. The lowest BCUT2D eigenvalue weighted by molar-refractivity contribution is 0.300. The average Bonchev–Trinajstić information content (AvgIpc) is 2.85. The molecule has 4 N–H and O–H groups in total. The Morgan fingerprint density at radius 2 is 2.40 bits per heavy atom. The van der Waals surface area contributed by atoms with Gasteiger partial charge in [-0.3, -0.25) is 0 Å². The van der Waals surface area contributed by atoms with Crippen molar-refractivity contribution in [1.29, 1.82) is 0 Å². The van der Waals surface area contributed by atoms with Crippen molar-refractivity contribution in [2.75, 3.05) is 20.1 Å². The lowest BCUT2D eigenvalue weighted by Gasteiger charge is -2.19. The molecule has 2 rings (SSSR count). The molecule has 0 amide bonds. The van der Waals surface area contributed by atoms with E-state index in [1.54, 1.807) is 12.1 Å². The number of hydrogen-bond acceptors (Lipinski definition) is 4. The molecular weight excluding hydrogens is 259 g/mol. The fourth-order valence-electron chi connectivity index (χ4n) is 2.52. The van der Waals surface area contributed by atoms with Crippen molar-refractivity contribution in [3.63, 3.8) is 0 Å². The van der Waals surface area contributed by atoms with Gasteiger partial charge in [0, 0.05) is 30.3 Å². The summed E-state index contributed by atoms with van der Waals surface area (Å²) in [6, 6.07) is 5.13. The number of amidine groups is 1. The number of oxime groups is 1. The maximum atomic E-state index is 13.9. The molecule has 1 aliphatic heterocycles. The molecule has 1 fully saturated rings. The first-order chi connectivity index (χ1) is 9.61. The highest BCUT2D eigenvalue weighted by molar-refractivity contribution is 5.97. The number of nitrogens with two attached hydrogens (primary N) is 1. The Balaban J connectivity index is 1.90. The van der Waals surface area contributed by atoms with Crippen molar-refractivity contribution in [1.82, 2.24) is 10.2 Å². The zero-order chi connectivity index (χ0) is 14.5. The minimum absolute atomic E-state index is 0.0870. The Kier molecular flexibility index (Phi) is 4.92. The van der Waals surface area contributed by atoms with Gasteiger partial charge in [0.05, 0.1) is 0 Å². The molecule has 5 nitrogen and oxygen atoms in total. The molecule has 0 spiro atoms. The SMILES string of the molecule is CN1CCCC1CNCc1ccc(/C(N)=N/O)cc1F. The van der Waals surface area contributed by atoms with E-state index in [9.17, 15) is 4.39 Å². The van der Waals surface area contributed by atoms with Gasteiger partial charge in [-0.15, -0.1) is 0 Å². The Labute approximate surface area is 118 Å². The first kappa shape index (κ1) is 14.7. The number of benzene rings is 1. The first-order valence-electron chi connectivity index (χ1n) is 6.79. The summed E-state index contributed by atoms with van der Waals surface area (Å²) >= 11 is 0. The van der Waals surface area contributed by atoms with E-state index < -0.39 is 0 Å². The predicted molar refractivity (Wildman–Crippen MR) is 76.3 cm³/mol. The number of likely N-dealkylation sites (tertiary alicyclic amines) is 1. The molecule has 1 atom stereocenters. The van der Waals surface area contributed by atoms with E-state index in [4.69, 9.17) is 10.9 Å². The maximum Gasteiger partial charge on any atom is 0.170 e. The third-order valence-electron chi connectivity index (χ3n) is 3.82. The molecule has 1 aliphatic rings. The Bertz CT molecular complexity index is 492. The molecular formula is C14H21FN4O. The Hall–Kier alpha value is -1.66. The second kappa shape index (κ2) is 6.67. The Morgan fingerprint density at radius 1 is 1.60 bits per heavy atom. The van der Waals surface area contributed by atoms with Gasteiger partial charge in [0.15, 0.2) is 5.84 Å². The van der Waals surface area contributed by atoms with Gasteiger partial charge in [0.1, 0.15) is 5.82 Å². The smallest absolute Gasteiger partial charge is 0.170 e. The fraction of sp³-hybridized carbons (Fsp3) is 0.500. The summed E-state index contributed by atoms with van der Waals surface area (Å²) in [4.78, 5) is 2.32. The monoisotopic (exact) mass is 280 g/mol. The number of halogens is 1. The quantitative estimate of drug-likeness (QED) is 0.327. The summed E-state index contributed by atoms with van der Waals surface area (Å²) in [6.07, 6.45) is 2.42. The predicted octanol–water partition coefficient (Wildman–Crippen LogP) is 1.10. The van der Waals surface area contributed by atoms with Crippen molar-refractivity contribution in [3.8, 4) is 0 Å². The zero-order valence-corrected chi connectivity index (χ0v) is 11.6. The zero-order valence-electron chi connectivity index (χ0n) is 11.6. The van der Waals surface area contributed by atoms with Crippen LogP contribution < -0.4 is 11.1 Å². The normalized spacial score (nSPS) is 20.5. The fourth-order valence-corrected chi connectivity index (χ4v) is 2.52. The molecule has 0 saturated carbocycles. The minimum atomic E-state index is -0.346. The van der Waals surface area contributed by atoms with Crippen LogP contribution in [0, 0.1) is 5.82 Å². The largest absolute Gasteiger partial charge is 0.409 e. The highest BCUT2D eigenvalue weighted by atomic mass is 19.1. The van der Waals surface area contributed by atoms with E-state index in [0.29, 0.717) is 23.7 Å². The summed E-state index contributed by atoms with van der Waals surface area (Å²) < 4.78 is 13.9. The topological polar surface area (TPSA) is 73.9 Å². The van der Waals surface area contributed by atoms with Crippen molar-refractivity contribution in [3.05, 3.63) is 35.1 Å². The van der Waals surface area contributed by atoms with Crippen LogP contribution in [0.3, 0.4) is 0 Å². The van der Waals surface area contributed by atoms with Gasteiger partial charge in [0.25, 0.3) is 0 Å². The molecule has 1 aromatic rings. The lowest BCUT2D eigenvalue weighted by Crippen LogP contribution is -2.35. The van der Waals surface area contributed by atoms with Gasteiger partial charge >= 0.3 is 0 Å². The van der Waals surface area contributed by atoms with Crippen LogP contribution in [0.1, 0.15) is 24.0 Å². The van der Waals surface area contributed by atoms with E-state index in [2.05, 4.69) is 22.4 Å². The van der Waals surface area contributed by atoms with E-state index in [0.717, 1.165) is 13.1 Å². The van der Waals surface area contributed by atoms with Gasteiger partial charge in [0.2, 0.25) is 0 Å². The van der Waals surface area contributed by atoms with Crippen LogP contribution in [0.4, 0.5) is 4.39 Å². The molecule has 0 aliphatic carbocycles. The standard InChI is InChI=1S/C14H21FN4O/c1-19-6-2-3-12(19)9-17-8-11-5-4-10(7-13(11)15)14(16)18-20/h4-5,7,12,17,20H,2-3,6,8-9H2,1H3,(H2,16,18). The van der Waals surface area contributed by atoms with E-state index in [1.807, 2.05) is 0 Å². The lowest BCUT2D eigenvalue weighted by atomic mass is 10.1. The highest BCUT2D eigenvalue weighted by Crippen LogP contribution is 2.14. The maximum absolute atomic E-state index is 13.9. The molecule has 6 heteroatoms. The van der Waals surface area contributed by atoms with Crippen LogP contribution >= 0.6 is 0 Å². The molecule has 20 heavy (non-hydrogen) atoms. The van der Waals surface area contributed by atoms with E-state index in [1.165, 1.54) is 18.9 Å². The molecule has 1 heterocycles. The summed E-state index contributed by atoms with van der Waals surface area (Å²) in [5.74, 6) is -0.433. The van der Waals surface area contributed by atoms with Crippen LogP contribution in [0.25, 0.3) is 0 Å². The molecule has 0 bridgehead atoms. The summed E-state index contributed by atoms with van der Waals surface area (Å²) in [7, 11) is 2.12. The molecule has 1 saturated heterocycles. The van der Waals surface area contributed by atoms with Gasteiger partial charge < -0.3 is 21.2 Å². The summed E-state index contributed by atoms with van der Waals surface area (Å²) in [5.41, 5.74) is 6.39. The second-order valence-corrected chi connectivity index (χ2v) is 5.20. The van der Waals surface area contributed by atoms with Crippen LogP contribution in [0.15, 0.2) is 23.4 Å². The van der Waals surface area contributed by atoms with Crippen LogP contribution in [0.5, 0.6) is 0 Å². The summed E-state index contributed by atoms with van der Waals surface area (Å²) in [5, 5.41) is 14.7. The van der Waals surface area contributed by atoms with Crippen molar-refractivity contribution in [2.24, 2.45) is 10.9 Å². The van der Waals surface area contributed by atoms with Crippen molar-refractivity contribution < 1.29 is 9.60 Å². The number of nitrogens with one attached hydrogen (secondary N) is 1. The van der Waals surface area contributed by atoms with Crippen LogP contribution in [0.2, 0.25) is 0 Å². The average molecular weight is 280 g/mol. The van der Waals surface area contributed by atoms with Gasteiger partial charge in [-0.25, -0.2) is 4.39 Å². The van der Waals surface area contributed by atoms with Gasteiger partial charge in [-0.2, -0.15) is 0 Å². The number of rotatable bonds is 5. The number of hydrogen-bond donors (Lipinski definition) is 3. The van der Waals surface area contributed by atoms with Crippen LogP contribution in [-0.2, 0) is 6.54 Å². The van der Waals surface area contributed by atoms with Gasteiger partial charge in [-0.05, 0) is 32.5 Å². The van der Waals surface area contributed by atoms with Gasteiger partial charge in [-0.1, -0.05) is 17.3 Å². The highest BCUT2D eigenvalue weighted by Gasteiger charge is 2.20. The second-order valence-electron chi connectivity index (χ2n) is 5.20. The molecule has 0 aromatic heterocycles. The minimum Gasteiger partial charge on any atom is -0.409 e. The number of likely N-dealkylation sites (N-methyl/N-ethyl adjacent to an activating group) is 1. The first-order valence-corrected chi connectivity index (χ1v) is 6.79. The van der Waals surface area contributed by atoms with Crippen molar-refractivity contribution in [2.45, 2.75) is 25.4 Å². The molecule has 1 unspecified atom stereocenters. The van der Waals surface area contributed by atoms with Crippen LogP contribution in [-0.4, -0.2) is 42.1 Å². The third kappa shape index (κ3) is 3.46. The Morgan fingerprint density at radius 3 is 3.00 bits per heavy atom. The van der Waals surface area contributed by atoms with Crippen molar-refractivity contribution >= 4 is 5.84 Å². The molecule has 110 valence electrons. The van der Waals surface area contributed by atoms with E-state index >= 15 is 0 Å². The molecule has 0 radical (unpaired) electrons. The number of nitrogens with zero attached hydrogens (tertiary/aromatic N) is 2. The molecule has 1 aromatic carbocycles.